The number of carboxylic acid groups (broad SMARTS) is 1. The molecule has 92 valence electrons. The summed E-state index contributed by atoms with van der Waals surface area (Å²) in [6, 6.07) is 0.497. The van der Waals surface area contributed by atoms with E-state index >= 15 is 0 Å². The minimum absolute atomic E-state index is 0.196. The van der Waals surface area contributed by atoms with E-state index in [1.54, 1.807) is 0 Å². The number of hydrogen-bond acceptors (Lipinski definition) is 3. The number of nitrogens with zero attached hydrogens (tertiary/aromatic N) is 1. The van der Waals surface area contributed by atoms with Crippen LogP contribution < -0.4 is 0 Å². The lowest BCUT2D eigenvalue weighted by Crippen LogP contribution is -2.40. The van der Waals surface area contributed by atoms with E-state index in [0.29, 0.717) is 12.0 Å². The maximum Gasteiger partial charge on any atom is 0.317 e. The van der Waals surface area contributed by atoms with Gasteiger partial charge in [-0.05, 0) is 25.2 Å². The largest absolute Gasteiger partial charge is 0.480 e. The van der Waals surface area contributed by atoms with Gasteiger partial charge in [0.1, 0.15) is 0 Å². The van der Waals surface area contributed by atoms with Gasteiger partial charge in [0.15, 0.2) is 0 Å². The van der Waals surface area contributed by atoms with Crippen molar-refractivity contribution >= 4 is 5.97 Å². The molecule has 1 N–H and O–H groups in total. The molecule has 2 rings (SSSR count). The second-order valence-electron chi connectivity index (χ2n) is 4.99. The van der Waals surface area contributed by atoms with Crippen LogP contribution in [0.3, 0.4) is 0 Å². The van der Waals surface area contributed by atoms with E-state index in [-0.39, 0.29) is 6.54 Å². The first kappa shape index (κ1) is 11.9. The molecular weight excluding hydrogens is 206 g/mol. The number of ether oxygens (including phenoxy) is 1. The van der Waals surface area contributed by atoms with Gasteiger partial charge in [0.05, 0.1) is 13.2 Å². The van der Waals surface area contributed by atoms with E-state index < -0.39 is 5.97 Å². The maximum atomic E-state index is 10.9. The Labute approximate surface area is 96.6 Å². The van der Waals surface area contributed by atoms with Gasteiger partial charge in [-0.2, -0.15) is 0 Å². The third-order valence-electron chi connectivity index (χ3n) is 3.70. The molecule has 16 heavy (non-hydrogen) atoms. The molecule has 1 saturated carbocycles. The molecule has 0 bridgehead atoms. The minimum atomic E-state index is -0.703. The van der Waals surface area contributed by atoms with E-state index in [9.17, 15) is 4.79 Å². The summed E-state index contributed by atoms with van der Waals surface area (Å²) < 4.78 is 5.35. The lowest BCUT2D eigenvalue weighted by molar-refractivity contribution is -0.139. The Balaban J connectivity index is 1.87. The fraction of sp³-hybridized carbons (Fsp3) is 0.917. The molecule has 1 heterocycles. The molecule has 0 amide bonds. The summed E-state index contributed by atoms with van der Waals surface area (Å²) in [4.78, 5) is 13.0. The van der Waals surface area contributed by atoms with Crippen molar-refractivity contribution in [2.24, 2.45) is 5.92 Å². The average Bonchev–Trinajstić information content (AvgIpc) is 2.88. The molecule has 1 atom stereocenters. The number of aliphatic carboxylic acids is 1. The predicted octanol–water partition coefficient (Wildman–Crippen LogP) is 1.35. The van der Waals surface area contributed by atoms with Crippen LogP contribution in [0.5, 0.6) is 0 Å². The average molecular weight is 227 g/mol. The van der Waals surface area contributed by atoms with Gasteiger partial charge in [-0.3, -0.25) is 9.69 Å². The van der Waals surface area contributed by atoms with Gasteiger partial charge in [-0.1, -0.05) is 12.8 Å². The van der Waals surface area contributed by atoms with E-state index in [2.05, 4.69) is 4.90 Å². The third-order valence-corrected chi connectivity index (χ3v) is 3.70. The van der Waals surface area contributed by atoms with Gasteiger partial charge < -0.3 is 9.84 Å². The van der Waals surface area contributed by atoms with Crippen molar-refractivity contribution < 1.29 is 14.6 Å². The Kier molecular flexibility index (Phi) is 4.18. The van der Waals surface area contributed by atoms with Gasteiger partial charge >= 0.3 is 5.97 Å². The summed E-state index contributed by atoms with van der Waals surface area (Å²) in [5, 5.41) is 8.95. The van der Waals surface area contributed by atoms with Crippen molar-refractivity contribution in [1.82, 2.24) is 4.90 Å². The lowest BCUT2D eigenvalue weighted by Gasteiger charge is -2.29. The first-order valence-corrected chi connectivity index (χ1v) is 6.29. The second-order valence-corrected chi connectivity index (χ2v) is 4.99. The zero-order chi connectivity index (χ0) is 11.4. The molecule has 0 radical (unpaired) electrons. The summed E-state index contributed by atoms with van der Waals surface area (Å²) in [6.45, 7) is 2.75. The second kappa shape index (κ2) is 5.64. The van der Waals surface area contributed by atoms with Crippen LogP contribution in [0, 0.1) is 5.92 Å². The Bertz CT molecular complexity index is 232. The summed E-state index contributed by atoms with van der Waals surface area (Å²) in [5.74, 6) is -0.161. The van der Waals surface area contributed by atoms with E-state index in [1.807, 2.05) is 0 Å². The summed E-state index contributed by atoms with van der Waals surface area (Å²) in [6.07, 6.45) is 5.93. The molecule has 2 aliphatic rings. The molecule has 0 aromatic heterocycles. The fourth-order valence-corrected chi connectivity index (χ4v) is 2.84. The highest BCUT2D eigenvalue weighted by molar-refractivity contribution is 5.69. The highest BCUT2D eigenvalue weighted by atomic mass is 16.5. The Morgan fingerprint density at radius 3 is 2.62 bits per heavy atom. The molecule has 1 aliphatic carbocycles. The SMILES string of the molecule is O=C(O)CN(CC1CCOC1)C1CCCC1. The molecule has 0 aromatic carbocycles. The van der Waals surface area contributed by atoms with Crippen molar-refractivity contribution in [3.63, 3.8) is 0 Å². The van der Waals surface area contributed by atoms with Crippen molar-refractivity contribution in [2.75, 3.05) is 26.3 Å². The Hall–Kier alpha value is -0.610. The molecule has 2 fully saturated rings. The van der Waals surface area contributed by atoms with Crippen molar-refractivity contribution in [3.8, 4) is 0 Å². The lowest BCUT2D eigenvalue weighted by atomic mass is 10.1. The highest BCUT2D eigenvalue weighted by Gasteiger charge is 2.27. The minimum Gasteiger partial charge on any atom is -0.480 e. The molecular formula is C12H21NO3. The van der Waals surface area contributed by atoms with Crippen LogP contribution in [0.15, 0.2) is 0 Å². The number of hydrogen-bond donors (Lipinski definition) is 1. The molecule has 1 aliphatic heterocycles. The quantitative estimate of drug-likeness (QED) is 0.770. The zero-order valence-corrected chi connectivity index (χ0v) is 9.73. The number of rotatable bonds is 5. The topological polar surface area (TPSA) is 49.8 Å². The van der Waals surface area contributed by atoms with Crippen LogP contribution in [0.4, 0.5) is 0 Å². The Morgan fingerprint density at radius 2 is 2.06 bits per heavy atom. The van der Waals surface area contributed by atoms with Crippen LogP contribution in [-0.2, 0) is 9.53 Å². The molecule has 1 unspecified atom stereocenters. The smallest absolute Gasteiger partial charge is 0.317 e. The van der Waals surface area contributed by atoms with Gasteiger partial charge in [0, 0.05) is 19.2 Å². The van der Waals surface area contributed by atoms with Crippen molar-refractivity contribution in [3.05, 3.63) is 0 Å². The Morgan fingerprint density at radius 1 is 1.31 bits per heavy atom. The van der Waals surface area contributed by atoms with Gasteiger partial charge in [0.25, 0.3) is 0 Å². The van der Waals surface area contributed by atoms with Gasteiger partial charge in [-0.15, -0.1) is 0 Å². The van der Waals surface area contributed by atoms with Crippen LogP contribution >= 0.6 is 0 Å². The van der Waals surface area contributed by atoms with Crippen LogP contribution in [-0.4, -0.2) is 48.3 Å². The molecule has 4 nitrogen and oxygen atoms in total. The predicted molar refractivity (Wildman–Crippen MR) is 60.4 cm³/mol. The van der Waals surface area contributed by atoms with Gasteiger partial charge in [0.2, 0.25) is 0 Å². The molecule has 0 aromatic rings. The zero-order valence-electron chi connectivity index (χ0n) is 9.73. The number of carboxylic acids is 1. The summed E-state index contributed by atoms with van der Waals surface area (Å²) in [5.41, 5.74) is 0. The van der Waals surface area contributed by atoms with E-state index in [1.165, 1.54) is 25.7 Å². The normalized spacial score (nSPS) is 26.7. The molecule has 4 heteroatoms. The van der Waals surface area contributed by atoms with Gasteiger partial charge in [-0.25, -0.2) is 0 Å². The van der Waals surface area contributed by atoms with E-state index in [0.717, 1.165) is 26.2 Å². The highest BCUT2D eigenvalue weighted by Crippen LogP contribution is 2.25. The van der Waals surface area contributed by atoms with Crippen LogP contribution in [0.2, 0.25) is 0 Å². The van der Waals surface area contributed by atoms with E-state index in [4.69, 9.17) is 9.84 Å². The van der Waals surface area contributed by atoms with Crippen LogP contribution in [0.25, 0.3) is 0 Å². The maximum absolute atomic E-state index is 10.9. The number of carbonyl (C=O) groups is 1. The summed E-state index contributed by atoms with van der Waals surface area (Å²) >= 11 is 0. The molecule has 0 spiro atoms. The fourth-order valence-electron chi connectivity index (χ4n) is 2.84. The third kappa shape index (κ3) is 3.19. The molecule has 1 saturated heterocycles. The van der Waals surface area contributed by atoms with Crippen molar-refractivity contribution in [1.29, 1.82) is 0 Å². The first-order chi connectivity index (χ1) is 7.75. The van der Waals surface area contributed by atoms with Crippen molar-refractivity contribution in [2.45, 2.75) is 38.1 Å². The first-order valence-electron chi connectivity index (χ1n) is 6.29. The standard InChI is InChI=1S/C12H21NO3/c14-12(15)8-13(11-3-1-2-4-11)7-10-5-6-16-9-10/h10-11H,1-9H2,(H,14,15). The van der Waals surface area contributed by atoms with Crippen LogP contribution in [0.1, 0.15) is 32.1 Å². The summed E-state index contributed by atoms with van der Waals surface area (Å²) in [7, 11) is 0. The monoisotopic (exact) mass is 227 g/mol.